The Labute approximate surface area is 119 Å². The molecule has 4 nitrogen and oxygen atoms in total. The molecule has 0 saturated heterocycles. The van der Waals surface area contributed by atoms with E-state index in [1.54, 1.807) is 19.4 Å². The lowest BCUT2D eigenvalue weighted by Crippen LogP contribution is -2.05. The van der Waals surface area contributed by atoms with Crippen LogP contribution in [0.15, 0.2) is 36.5 Å². The Balaban J connectivity index is 2.54. The quantitative estimate of drug-likeness (QED) is 0.853. The zero-order chi connectivity index (χ0) is 14.5. The minimum Gasteiger partial charge on any atom is -0.496 e. The Morgan fingerprint density at radius 1 is 1.25 bits per heavy atom. The maximum absolute atomic E-state index is 9.51. The van der Waals surface area contributed by atoms with Crippen molar-refractivity contribution in [1.29, 1.82) is 5.26 Å². The molecular formula is C16H17N3O. The fourth-order valence-corrected chi connectivity index (χ4v) is 2.10. The van der Waals surface area contributed by atoms with Crippen LogP contribution in [0.4, 0.5) is 0 Å². The molecule has 2 rings (SSSR count). The van der Waals surface area contributed by atoms with Crippen molar-refractivity contribution in [3.63, 3.8) is 0 Å². The van der Waals surface area contributed by atoms with Crippen molar-refractivity contribution in [1.82, 2.24) is 10.2 Å². The third-order valence-corrected chi connectivity index (χ3v) is 3.25. The van der Waals surface area contributed by atoms with Gasteiger partial charge in [0.2, 0.25) is 0 Å². The summed E-state index contributed by atoms with van der Waals surface area (Å²) in [5.41, 5.74) is 2.64. The molecule has 20 heavy (non-hydrogen) atoms. The van der Waals surface area contributed by atoms with Crippen LogP contribution in [0.2, 0.25) is 0 Å². The van der Waals surface area contributed by atoms with Gasteiger partial charge >= 0.3 is 0 Å². The number of hydrogen-bond donors (Lipinski definition) is 0. The average Bonchev–Trinajstić information content (AvgIpc) is 2.49. The zero-order valence-electron chi connectivity index (χ0n) is 11.9. The van der Waals surface area contributed by atoms with Gasteiger partial charge < -0.3 is 4.74 Å². The van der Waals surface area contributed by atoms with E-state index in [1.165, 1.54) is 5.56 Å². The molecule has 0 spiro atoms. The summed E-state index contributed by atoms with van der Waals surface area (Å²) in [4.78, 5) is 0. The van der Waals surface area contributed by atoms with Crippen molar-refractivity contribution in [3.8, 4) is 11.8 Å². The highest BCUT2D eigenvalue weighted by molar-refractivity contribution is 5.46. The van der Waals surface area contributed by atoms with Gasteiger partial charge in [0.25, 0.3) is 0 Å². The smallest absolute Gasteiger partial charge is 0.123 e. The van der Waals surface area contributed by atoms with Gasteiger partial charge in [0, 0.05) is 11.8 Å². The molecule has 102 valence electrons. The van der Waals surface area contributed by atoms with Gasteiger partial charge in [0.1, 0.15) is 11.7 Å². The molecule has 0 aliphatic heterocycles. The predicted molar refractivity (Wildman–Crippen MR) is 76.6 cm³/mol. The van der Waals surface area contributed by atoms with E-state index in [4.69, 9.17) is 4.74 Å². The van der Waals surface area contributed by atoms with Crippen molar-refractivity contribution in [2.45, 2.75) is 25.7 Å². The first-order valence-electron chi connectivity index (χ1n) is 6.52. The number of rotatable bonds is 4. The summed E-state index contributed by atoms with van der Waals surface area (Å²) in [5, 5.41) is 17.4. The van der Waals surface area contributed by atoms with Crippen molar-refractivity contribution in [2.24, 2.45) is 0 Å². The second-order valence-corrected chi connectivity index (χ2v) is 4.87. The van der Waals surface area contributed by atoms with E-state index in [1.807, 2.05) is 24.3 Å². The largest absolute Gasteiger partial charge is 0.496 e. The first-order valence-corrected chi connectivity index (χ1v) is 6.52. The van der Waals surface area contributed by atoms with Crippen LogP contribution in [0.5, 0.6) is 5.75 Å². The minimum absolute atomic E-state index is 0.390. The number of ether oxygens (including phenoxy) is 1. The molecule has 0 fully saturated rings. The Morgan fingerprint density at radius 3 is 2.60 bits per heavy atom. The van der Waals surface area contributed by atoms with Gasteiger partial charge in [0.15, 0.2) is 0 Å². The standard InChI is InChI=1S/C16H17N3O/c1-11(2)12-6-7-16(20-3)13(9-12)14(10-17)15-5-4-8-18-19-15/h4-9,11,14H,1-3H3. The molecule has 0 saturated carbocycles. The van der Waals surface area contributed by atoms with E-state index in [9.17, 15) is 5.26 Å². The van der Waals surface area contributed by atoms with Gasteiger partial charge in [-0.05, 0) is 29.7 Å². The Morgan fingerprint density at radius 2 is 2.05 bits per heavy atom. The Bertz CT molecular complexity index is 617. The summed E-state index contributed by atoms with van der Waals surface area (Å²) < 4.78 is 5.39. The number of nitriles is 1. The maximum atomic E-state index is 9.51. The molecule has 1 heterocycles. The molecule has 0 aliphatic carbocycles. The van der Waals surface area contributed by atoms with Gasteiger partial charge in [-0.2, -0.15) is 15.5 Å². The van der Waals surface area contributed by atoms with Crippen LogP contribution in [-0.4, -0.2) is 17.3 Å². The summed E-state index contributed by atoms with van der Waals surface area (Å²) in [6.45, 7) is 4.24. The molecule has 1 unspecified atom stereocenters. The van der Waals surface area contributed by atoms with E-state index >= 15 is 0 Å². The van der Waals surface area contributed by atoms with Gasteiger partial charge in [-0.3, -0.25) is 0 Å². The fraction of sp³-hybridized carbons (Fsp3) is 0.312. The SMILES string of the molecule is COc1ccc(C(C)C)cc1C(C#N)c1cccnn1. The first-order chi connectivity index (χ1) is 9.67. The number of benzene rings is 1. The van der Waals surface area contributed by atoms with Crippen LogP contribution in [0.3, 0.4) is 0 Å². The first kappa shape index (κ1) is 14.0. The molecular weight excluding hydrogens is 250 g/mol. The van der Waals surface area contributed by atoms with Crippen molar-refractivity contribution in [2.75, 3.05) is 7.11 Å². The summed E-state index contributed by atoms with van der Waals surface area (Å²) in [7, 11) is 1.61. The Hall–Kier alpha value is -2.41. The number of methoxy groups -OCH3 is 1. The summed E-state index contributed by atoms with van der Waals surface area (Å²) in [5.74, 6) is 0.616. The molecule has 2 aromatic rings. The van der Waals surface area contributed by atoms with E-state index in [0.29, 0.717) is 17.4 Å². The molecule has 0 N–H and O–H groups in total. The van der Waals surface area contributed by atoms with Crippen molar-refractivity contribution in [3.05, 3.63) is 53.3 Å². The van der Waals surface area contributed by atoms with E-state index in [-0.39, 0.29) is 0 Å². The molecule has 1 atom stereocenters. The highest BCUT2D eigenvalue weighted by Crippen LogP contribution is 2.32. The maximum Gasteiger partial charge on any atom is 0.123 e. The normalized spacial score (nSPS) is 11.9. The second kappa shape index (κ2) is 6.16. The topological polar surface area (TPSA) is 58.8 Å². The van der Waals surface area contributed by atoms with Crippen LogP contribution in [-0.2, 0) is 0 Å². The van der Waals surface area contributed by atoms with Crippen LogP contribution < -0.4 is 4.74 Å². The highest BCUT2D eigenvalue weighted by atomic mass is 16.5. The van der Waals surface area contributed by atoms with Gasteiger partial charge in [-0.15, -0.1) is 0 Å². The van der Waals surface area contributed by atoms with E-state index in [0.717, 1.165) is 5.56 Å². The summed E-state index contributed by atoms with van der Waals surface area (Å²) in [6, 6.07) is 11.8. The monoisotopic (exact) mass is 267 g/mol. The molecule has 4 heteroatoms. The Kier molecular flexibility index (Phi) is 4.31. The molecule has 0 radical (unpaired) electrons. The molecule has 0 bridgehead atoms. The van der Waals surface area contributed by atoms with Gasteiger partial charge in [-0.1, -0.05) is 26.0 Å². The van der Waals surface area contributed by atoms with Crippen LogP contribution in [0.25, 0.3) is 0 Å². The lowest BCUT2D eigenvalue weighted by molar-refractivity contribution is 0.409. The van der Waals surface area contributed by atoms with Crippen LogP contribution in [0, 0.1) is 11.3 Å². The summed E-state index contributed by atoms with van der Waals surface area (Å²) in [6.07, 6.45) is 1.60. The second-order valence-electron chi connectivity index (χ2n) is 4.87. The molecule has 1 aromatic heterocycles. The van der Waals surface area contributed by atoms with Crippen molar-refractivity contribution < 1.29 is 4.74 Å². The average molecular weight is 267 g/mol. The lowest BCUT2D eigenvalue weighted by Gasteiger charge is -2.16. The fourth-order valence-electron chi connectivity index (χ4n) is 2.10. The van der Waals surface area contributed by atoms with Gasteiger partial charge in [-0.25, -0.2) is 0 Å². The molecule has 0 aliphatic rings. The van der Waals surface area contributed by atoms with E-state index in [2.05, 4.69) is 30.1 Å². The number of hydrogen-bond acceptors (Lipinski definition) is 4. The third-order valence-electron chi connectivity index (χ3n) is 3.25. The predicted octanol–water partition coefficient (Wildman–Crippen LogP) is 3.26. The summed E-state index contributed by atoms with van der Waals surface area (Å²) >= 11 is 0. The number of aromatic nitrogens is 2. The highest BCUT2D eigenvalue weighted by Gasteiger charge is 2.20. The minimum atomic E-state index is -0.475. The van der Waals surface area contributed by atoms with Crippen molar-refractivity contribution >= 4 is 0 Å². The number of nitrogens with zero attached hydrogens (tertiary/aromatic N) is 3. The molecule has 1 aromatic carbocycles. The van der Waals surface area contributed by atoms with Gasteiger partial charge in [0.05, 0.1) is 18.9 Å². The zero-order valence-corrected chi connectivity index (χ0v) is 11.9. The van der Waals surface area contributed by atoms with Crippen LogP contribution >= 0.6 is 0 Å². The van der Waals surface area contributed by atoms with Crippen LogP contribution in [0.1, 0.15) is 42.5 Å². The third kappa shape index (κ3) is 2.77. The lowest BCUT2D eigenvalue weighted by atomic mass is 9.91. The van der Waals surface area contributed by atoms with E-state index < -0.39 is 5.92 Å². The molecule has 0 amide bonds.